The molecule has 0 saturated carbocycles. The van der Waals surface area contributed by atoms with Gasteiger partial charge in [0.15, 0.2) is 0 Å². The molecule has 0 aliphatic carbocycles. The zero-order valence-corrected chi connectivity index (χ0v) is 7.57. The summed E-state index contributed by atoms with van der Waals surface area (Å²) in [5.41, 5.74) is -0.0731. The van der Waals surface area contributed by atoms with Crippen molar-refractivity contribution in [2.24, 2.45) is 0 Å². The van der Waals surface area contributed by atoms with E-state index in [1.54, 1.807) is 12.1 Å². The molecule has 0 bridgehead atoms. The lowest BCUT2D eigenvalue weighted by Gasteiger charge is -2.13. The van der Waals surface area contributed by atoms with E-state index in [-0.39, 0.29) is 35.9 Å². The number of likely N-dealkylation sites (tertiary alicyclic amines) is 1. The first-order valence-electron chi connectivity index (χ1n) is 3.98. The molecular weight excluding hydrogens is 182 g/mol. The first kappa shape index (κ1) is 9.94. The van der Waals surface area contributed by atoms with Crippen LogP contribution in [0.3, 0.4) is 0 Å². The summed E-state index contributed by atoms with van der Waals surface area (Å²) in [6.07, 6.45) is 0.306. The SMILES string of the molecule is CC(=C(C#N)C#N)N1C(=O)CCC1=O. The fourth-order valence-electron chi connectivity index (χ4n) is 1.25. The number of rotatable bonds is 1. The highest BCUT2D eigenvalue weighted by Crippen LogP contribution is 2.19. The number of hydrogen-bond acceptors (Lipinski definition) is 4. The number of nitrogens with zero attached hydrogens (tertiary/aromatic N) is 3. The Morgan fingerprint density at radius 1 is 1.21 bits per heavy atom. The van der Waals surface area contributed by atoms with Crippen LogP contribution in [0.15, 0.2) is 11.3 Å². The standard InChI is InChI=1S/C9H7N3O2/c1-6(7(4-10)5-11)12-8(13)2-3-9(12)14/h2-3H2,1H3. The van der Waals surface area contributed by atoms with Crippen LogP contribution in [-0.2, 0) is 9.59 Å². The van der Waals surface area contributed by atoms with E-state index in [1.165, 1.54) is 6.92 Å². The van der Waals surface area contributed by atoms with Crippen LogP contribution in [0, 0.1) is 22.7 Å². The molecule has 1 aliphatic heterocycles. The van der Waals surface area contributed by atoms with E-state index in [1.807, 2.05) is 0 Å². The summed E-state index contributed by atoms with van der Waals surface area (Å²) in [5.74, 6) is -0.703. The van der Waals surface area contributed by atoms with Crippen molar-refractivity contribution in [3.05, 3.63) is 11.3 Å². The van der Waals surface area contributed by atoms with E-state index < -0.39 is 0 Å². The van der Waals surface area contributed by atoms with Gasteiger partial charge in [-0.3, -0.25) is 14.5 Å². The minimum atomic E-state index is -0.351. The predicted octanol–water partition coefficient (Wildman–Crippen LogP) is 0.457. The second-order valence-corrected chi connectivity index (χ2v) is 2.81. The Hall–Kier alpha value is -2.14. The third-order valence-corrected chi connectivity index (χ3v) is 1.97. The topological polar surface area (TPSA) is 85.0 Å². The Balaban J connectivity index is 3.13. The summed E-state index contributed by atoms with van der Waals surface area (Å²) in [4.78, 5) is 23.3. The Bertz CT molecular complexity index is 377. The Morgan fingerprint density at radius 3 is 2.00 bits per heavy atom. The quantitative estimate of drug-likeness (QED) is 0.443. The summed E-state index contributed by atoms with van der Waals surface area (Å²) < 4.78 is 0. The van der Waals surface area contributed by atoms with Crippen LogP contribution in [0.4, 0.5) is 0 Å². The zero-order valence-electron chi connectivity index (χ0n) is 7.57. The molecule has 1 saturated heterocycles. The molecule has 70 valence electrons. The van der Waals surface area contributed by atoms with Crippen LogP contribution in [0.5, 0.6) is 0 Å². The van der Waals surface area contributed by atoms with Gasteiger partial charge >= 0.3 is 0 Å². The summed E-state index contributed by atoms with van der Waals surface area (Å²) in [6.45, 7) is 1.42. The Kier molecular flexibility index (Phi) is 2.64. The zero-order chi connectivity index (χ0) is 10.7. The van der Waals surface area contributed by atoms with Gasteiger partial charge in [-0.15, -0.1) is 0 Å². The lowest BCUT2D eigenvalue weighted by molar-refractivity contribution is -0.135. The molecule has 1 heterocycles. The molecule has 5 nitrogen and oxygen atoms in total. The maximum absolute atomic E-state index is 11.2. The van der Waals surface area contributed by atoms with E-state index in [0.29, 0.717) is 0 Å². The summed E-state index contributed by atoms with van der Waals surface area (Å²) in [7, 11) is 0. The van der Waals surface area contributed by atoms with Crippen molar-refractivity contribution < 1.29 is 9.59 Å². The van der Waals surface area contributed by atoms with Crippen LogP contribution in [0.25, 0.3) is 0 Å². The van der Waals surface area contributed by atoms with Crippen LogP contribution in [-0.4, -0.2) is 16.7 Å². The highest BCUT2D eigenvalue weighted by atomic mass is 16.2. The summed E-state index contributed by atoms with van der Waals surface area (Å²) in [6, 6.07) is 3.28. The first-order chi connectivity index (χ1) is 6.61. The number of imide groups is 1. The van der Waals surface area contributed by atoms with E-state index in [4.69, 9.17) is 10.5 Å². The van der Waals surface area contributed by atoms with Crippen LogP contribution < -0.4 is 0 Å². The van der Waals surface area contributed by atoms with Gasteiger partial charge in [0.25, 0.3) is 0 Å². The van der Waals surface area contributed by atoms with Crippen molar-refractivity contribution in [1.82, 2.24) is 4.90 Å². The minimum absolute atomic E-state index is 0.127. The van der Waals surface area contributed by atoms with Crippen molar-refractivity contribution in [3.63, 3.8) is 0 Å². The van der Waals surface area contributed by atoms with E-state index >= 15 is 0 Å². The monoisotopic (exact) mass is 189 g/mol. The number of carbonyl (C=O) groups is 2. The summed E-state index contributed by atoms with van der Waals surface area (Å²) in [5, 5.41) is 17.1. The van der Waals surface area contributed by atoms with Crippen LogP contribution in [0.1, 0.15) is 19.8 Å². The van der Waals surface area contributed by atoms with E-state index in [0.717, 1.165) is 4.90 Å². The smallest absolute Gasteiger partial charge is 0.234 e. The second kappa shape index (κ2) is 3.71. The highest BCUT2D eigenvalue weighted by Gasteiger charge is 2.31. The maximum atomic E-state index is 11.2. The first-order valence-corrected chi connectivity index (χ1v) is 3.98. The van der Waals surface area contributed by atoms with Gasteiger partial charge in [0.1, 0.15) is 17.7 Å². The molecule has 0 atom stereocenters. The number of hydrogen-bond donors (Lipinski definition) is 0. The third-order valence-electron chi connectivity index (χ3n) is 1.97. The van der Waals surface area contributed by atoms with Gasteiger partial charge in [0, 0.05) is 12.8 Å². The predicted molar refractivity (Wildman–Crippen MR) is 45.0 cm³/mol. The van der Waals surface area contributed by atoms with Crippen LogP contribution in [0.2, 0.25) is 0 Å². The number of carbonyl (C=O) groups excluding carboxylic acids is 2. The summed E-state index contributed by atoms with van der Waals surface area (Å²) >= 11 is 0. The maximum Gasteiger partial charge on any atom is 0.234 e. The molecule has 0 N–H and O–H groups in total. The van der Waals surface area contributed by atoms with E-state index in [9.17, 15) is 9.59 Å². The van der Waals surface area contributed by atoms with Crippen molar-refractivity contribution in [2.45, 2.75) is 19.8 Å². The fraction of sp³-hybridized carbons (Fsp3) is 0.333. The average Bonchev–Trinajstić information content (AvgIpc) is 2.48. The molecular formula is C9H7N3O2. The molecule has 1 rings (SSSR count). The minimum Gasteiger partial charge on any atom is -0.274 e. The van der Waals surface area contributed by atoms with Gasteiger partial charge in [-0.1, -0.05) is 0 Å². The van der Waals surface area contributed by atoms with Gasteiger partial charge in [0.2, 0.25) is 11.8 Å². The molecule has 0 aromatic rings. The molecule has 0 spiro atoms. The number of nitriles is 2. The largest absolute Gasteiger partial charge is 0.274 e. The Labute approximate surface area is 80.8 Å². The lowest BCUT2D eigenvalue weighted by atomic mass is 10.2. The molecule has 0 unspecified atom stereocenters. The molecule has 14 heavy (non-hydrogen) atoms. The van der Waals surface area contributed by atoms with Crippen molar-refractivity contribution in [3.8, 4) is 12.1 Å². The highest BCUT2D eigenvalue weighted by molar-refractivity contribution is 6.03. The molecule has 0 aromatic heterocycles. The number of allylic oxidation sites excluding steroid dienone is 2. The average molecular weight is 189 g/mol. The third kappa shape index (κ3) is 1.48. The fourth-order valence-corrected chi connectivity index (χ4v) is 1.25. The van der Waals surface area contributed by atoms with Gasteiger partial charge in [-0.2, -0.15) is 10.5 Å². The number of amides is 2. The van der Waals surface area contributed by atoms with Crippen LogP contribution >= 0.6 is 0 Å². The van der Waals surface area contributed by atoms with Crippen molar-refractivity contribution in [1.29, 1.82) is 10.5 Å². The normalized spacial score (nSPS) is 14.9. The van der Waals surface area contributed by atoms with Crippen molar-refractivity contribution in [2.75, 3.05) is 0 Å². The molecule has 5 heteroatoms. The molecule has 2 amide bonds. The van der Waals surface area contributed by atoms with E-state index in [2.05, 4.69) is 0 Å². The van der Waals surface area contributed by atoms with Gasteiger partial charge in [0.05, 0.1) is 5.70 Å². The van der Waals surface area contributed by atoms with Gasteiger partial charge < -0.3 is 0 Å². The molecule has 0 radical (unpaired) electrons. The molecule has 1 aliphatic rings. The van der Waals surface area contributed by atoms with Crippen molar-refractivity contribution >= 4 is 11.8 Å². The molecule has 1 fully saturated rings. The van der Waals surface area contributed by atoms with Gasteiger partial charge in [-0.05, 0) is 6.92 Å². The van der Waals surface area contributed by atoms with Gasteiger partial charge in [-0.25, -0.2) is 0 Å². The second-order valence-electron chi connectivity index (χ2n) is 2.81. The molecule has 0 aromatic carbocycles. The Morgan fingerprint density at radius 2 is 1.64 bits per heavy atom. The lowest BCUT2D eigenvalue weighted by Crippen LogP contribution is -2.27.